The van der Waals surface area contributed by atoms with Gasteiger partial charge in [-0.1, -0.05) is 56.3 Å². The summed E-state index contributed by atoms with van der Waals surface area (Å²) >= 11 is 0. The maximum absolute atomic E-state index is 14.5. The average Bonchev–Trinajstić information content (AvgIpc) is 3.87. The molecule has 3 aliphatic rings. The smallest absolute Gasteiger partial charge is 0.464 e. The highest BCUT2D eigenvalue weighted by atomic mass is 16.7. The molecule has 0 unspecified atom stereocenters. The molecule has 426 valence electrons. The van der Waals surface area contributed by atoms with Crippen LogP contribution in [-0.2, 0) is 62.1 Å². The normalized spacial score (nSPS) is 18.4. The van der Waals surface area contributed by atoms with Gasteiger partial charge < -0.3 is 52.1 Å². The molecule has 3 saturated heterocycles. The third kappa shape index (κ3) is 14.3. The molecule has 3 fully saturated rings. The van der Waals surface area contributed by atoms with Crippen molar-refractivity contribution in [2.75, 3.05) is 57.9 Å². The van der Waals surface area contributed by atoms with Gasteiger partial charge in [-0.25, -0.2) is 24.2 Å². The van der Waals surface area contributed by atoms with Crippen LogP contribution in [0.5, 0.6) is 0 Å². The van der Waals surface area contributed by atoms with Gasteiger partial charge in [0.1, 0.15) is 17.8 Å². The minimum Gasteiger partial charge on any atom is -0.464 e. The van der Waals surface area contributed by atoms with E-state index >= 15 is 0 Å². The lowest BCUT2D eigenvalue weighted by molar-refractivity contribution is -0.164. The number of carbonyl (C=O) groups is 4. The molecule has 0 radical (unpaired) electrons. The van der Waals surface area contributed by atoms with E-state index in [0.29, 0.717) is 52.2 Å². The molecule has 0 spiro atoms. The van der Waals surface area contributed by atoms with Gasteiger partial charge in [0.15, 0.2) is 6.04 Å². The zero-order chi connectivity index (χ0) is 57.1. The number of pyridine rings is 1. The number of esters is 1. The lowest BCUT2D eigenvalue weighted by Gasteiger charge is -2.43. The second-order valence-electron chi connectivity index (χ2n) is 24.8. The first-order chi connectivity index (χ1) is 36.5. The van der Waals surface area contributed by atoms with E-state index in [1.165, 1.54) is 0 Å². The molecule has 0 saturated carbocycles. The molecular weight excluding hydrogens is 995 g/mol. The largest absolute Gasteiger partial charge is 0.494 e. The Balaban J connectivity index is 1.29. The summed E-state index contributed by atoms with van der Waals surface area (Å²) in [5, 5.41) is 3.17. The molecule has 78 heavy (non-hydrogen) atoms. The third-order valence-electron chi connectivity index (χ3n) is 14.6. The molecular formula is C59H85BN6O12. The number of methoxy groups -OCH3 is 1. The monoisotopic (exact) mass is 1080 g/mol. The second-order valence-corrected chi connectivity index (χ2v) is 24.8. The number of ether oxygens (including phenoxy) is 6. The Morgan fingerprint density at radius 2 is 1.44 bits per heavy atom. The van der Waals surface area contributed by atoms with E-state index in [1.807, 2.05) is 98.8 Å². The summed E-state index contributed by atoms with van der Waals surface area (Å²) in [5.41, 5.74) is 3.35. The van der Waals surface area contributed by atoms with Crippen LogP contribution in [0.4, 0.5) is 20.1 Å². The van der Waals surface area contributed by atoms with Crippen LogP contribution >= 0.6 is 0 Å². The van der Waals surface area contributed by atoms with Gasteiger partial charge in [0, 0.05) is 68.3 Å². The maximum atomic E-state index is 14.5. The number of hydrogen-bond acceptors (Lipinski definition) is 14. The molecule has 0 bridgehead atoms. The second kappa shape index (κ2) is 23.8. The SMILES string of the molecule is CO[C@@H](C)c1ncc(N2CCN(C(=O)OCc3ccccc3)CC2)cc1-c1c(CC(C)(C)COC(=O)[C@H]2CCCN(C(=O)OC(C)(C)C)N2C(=O)OC(C)(C)C)c2cc(B3OC(C)(C)C(C)(C)O3)ccc2n1CCOC(C)C. The van der Waals surface area contributed by atoms with E-state index in [1.54, 1.807) is 53.6 Å². The first-order valence-electron chi connectivity index (χ1n) is 27.5. The van der Waals surface area contributed by atoms with Crippen LogP contribution in [0.2, 0.25) is 0 Å². The van der Waals surface area contributed by atoms with Crippen LogP contribution in [-0.4, -0.2) is 143 Å². The number of nitrogens with zero attached hydrogens (tertiary/aromatic N) is 6. The summed E-state index contributed by atoms with van der Waals surface area (Å²) in [6.07, 6.45) is 0.521. The third-order valence-corrected chi connectivity index (χ3v) is 14.6. The number of piperazine rings is 1. The molecule has 19 heteroatoms. The van der Waals surface area contributed by atoms with E-state index in [2.05, 4.69) is 33.7 Å². The lowest BCUT2D eigenvalue weighted by Crippen LogP contribution is -2.61. The van der Waals surface area contributed by atoms with Crippen molar-refractivity contribution in [1.29, 1.82) is 0 Å². The van der Waals surface area contributed by atoms with Gasteiger partial charge >= 0.3 is 31.4 Å². The Labute approximate surface area is 462 Å². The number of amides is 3. The van der Waals surface area contributed by atoms with Gasteiger partial charge in [-0.3, -0.25) is 4.98 Å². The Morgan fingerprint density at radius 3 is 2.05 bits per heavy atom. The van der Waals surface area contributed by atoms with Crippen molar-refractivity contribution in [2.24, 2.45) is 5.41 Å². The Bertz CT molecular complexity index is 2740. The minimum atomic E-state index is -1.16. The fourth-order valence-corrected chi connectivity index (χ4v) is 9.86. The van der Waals surface area contributed by atoms with Crippen LogP contribution in [0.15, 0.2) is 60.8 Å². The van der Waals surface area contributed by atoms with Crippen LogP contribution in [0.3, 0.4) is 0 Å². The van der Waals surface area contributed by atoms with Gasteiger partial charge in [-0.05, 0) is 138 Å². The van der Waals surface area contributed by atoms with E-state index in [0.717, 1.165) is 60.1 Å². The summed E-state index contributed by atoms with van der Waals surface area (Å²) in [5.74, 6) is -0.670. The first kappa shape index (κ1) is 59.8. The van der Waals surface area contributed by atoms with Crippen molar-refractivity contribution in [3.8, 4) is 11.3 Å². The Kier molecular flexibility index (Phi) is 18.3. The van der Waals surface area contributed by atoms with Crippen molar-refractivity contribution in [3.05, 3.63) is 77.6 Å². The average molecular weight is 1080 g/mol. The van der Waals surface area contributed by atoms with Crippen molar-refractivity contribution >= 4 is 53.4 Å². The number of hydrazine groups is 1. The predicted molar refractivity (Wildman–Crippen MR) is 300 cm³/mol. The zero-order valence-electron chi connectivity index (χ0n) is 49.2. The van der Waals surface area contributed by atoms with Crippen LogP contribution < -0.4 is 10.4 Å². The number of rotatable bonds is 16. The molecule has 0 N–H and O–H groups in total. The predicted octanol–water partition coefficient (Wildman–Crippen LogP) is 10.3. The highest BCUT2D eigenvalue weighted by Gasteiger charge is 2.52. The quantitative estimate of drug-likeness (QED) is 0.0589. The molecule has 4 aromatic rings. The molecule has 7 rings (SSSR count). The molecule has 2 aromatic heterocycles. The number of fused-ring (bicyclic) bond motifs is 1. The zero-order valence-corrected chi connectivity index (χ0v) is 49.2. The van der Waals surface area contributed by atoms with Gasteiger partial charge in [-0.15, -0.1) is 0 Å². The highest BCUT2D eigenvalue weighted by Crippen LogP contribution is 2.43. The molecule has 5 heterocycles. The topological polar surface area (TPSA) is 173 Å². The highest BCUT2D eigenvalue weighted by molar-refractivity contribution is 6.62. The van der Waals surface area contributed by atoms with Crippen molar-refractivity contribution in [1.82, 2.24) is 24.5 Å². The summed E-state index contributed by atoms with van der Waals surface area (Å²) in [7, 11) is 1.02. The van der Waals surface area contributed by atoms with E-state index < -0.39 is 65.2 Å². The number of hydrogen-bond donors (Lipinski definition) is 0. The van der Waals surface area contributed by atoms with Gasteiger partial charge in [-0.2, -0.15) is 5.01 Å². The summed E-state index contributed by atoms with van der Waals surface area (Å²) in [4.78, 5) is 64.6. The standard InChI is InChI=1S/C59H85BN6O12/c1-39(2)72-32-31-64-47-25-24-42(60-77-58(12,13)59(14,15)78-60)33-44(47)46(35-57(10,11)38-74-51(67)48-23-20-26-65(53(69)75-55(4,5)6)66(48)54(70)76-56(7,8)9)50(64)45-34-43(36-61-49(45)40(3)71-16)62-27-29-63(30-28-62)52(68)73-37-41-21-18-17-19-22-41/h17-19,21-22,24-25,33-34,36,39-40,48H,20,23,26-32,35,37-38H2,1-16H3/t40-,48+/m0/s1. The maximum Gasteiger partial charge on any atom is 0.494 e. The van der Waals surface area contributed by atoms with Crippen molar-refractivity contribution in [2.45, 2.75) is 177 Å². The fraction of sp³-hybridized carbons (Fsp3) is 0.610. The fourth-order valence-electron chi connectivity index (χ4n) is 9.86. The number of carbonyl (C=O) groups excluding carboxylic acids is 4. The molecule has 2 atom stereocenters. The van der Waals surface area contributed by atoms with Gasteiger partial charge in [0.2, 0.25) is 0 Å². The summed E-state index contributed by atoms with van der Waals surface area (Å²) in [6.45, 7) is 31.9. The molecule has 3 amide bonds. The lowest BCUT2D eigenvalue weighted by atomic mass is 9.77. The minimum absolute atomic E-state index is 0.0201. The molecule has 18 nitrogen and oxygen atoms in total. The van der Waals surface area contributed by atoms with Crippen molar-refractivity contribution in [3.63, 3.8) is 0 Å². The summed E-state index contributed by atoms with van der Waals surface area (Å²) < 4.78 is 51.4. The molecule has 3 aliphatic heterocycles. The number of aromatic nitrogens is 2. The van der Waals surface area contributed by atoms with Gasteiger partial charge in [0.05, 0.1) is 59.9 Å². The Morgan fingerprint density at radius 1 is 0.795 bits per heavy atom. The van der Waals surface area contributed by atoms with Crippen LogP contribution in [0, 0.1) is 5.41 Å². The number of anilines is 1. The van der Waals surface area contributed by atoms with Crippen LogP contribution in [0.25, 0.3) is 22.2 Å². The summed E-state index contributed by atoms with van der Waals surface area (Å²) in [6, 6.07) is 17.0. The van der Waals surface area contributed by atoms with E-state index in [4.69, 9.17) is 42.7 Å². The van der Waals surface area contributed by atoms with Gasteiger partial charge in [0.25, 0.3) is 0 Å². The molecule has 0 aliphatic carbocycles. The molecule has 2 aromatic carbocycles. The van der Waals surface area contributed by atoms with E-state index in [-0.39, 0.29) is 38.4 Å². The van der Waals surface area contributed by atoms with Crippen LogP contribution in [0.1, 0.15) is 140 Å². The van der Waals surface area contributed by atoms with Crippen molar-refractivity contribution < 1.29 is 56.9 Å². The number of benzene rings is 2. The van der Waals surface area contributed by atoms with E-state index in [9.17, 15) is 19.2 Å². The first-order valence-corrected chi connectivity index (χ1v) is 27.5. The Hall–Kier alpha value is -5.89.